The van der Waals surface area contributed by atoms with Crippen molar-refractivity contribution < 1.29 is 9.53 Å². The molecule has 0 aliphatic carbocycles. The van der Waals surface area contributed by atoms with Gasteiger partial charge in [0.25, 0.3) is 0 Å². The summed E-state index contributed by atoms with van der Waals surface area (Å²) in [5, 5.41) is 3.01. The molecule has 1 N–H and O–H groups in total. The standard InChI is InChI=1S/C19H29N3O2/c1-21(2)18(23)20-11-9-19-10-13-24-17(19)8-12-22(15-19)14-16-6-4-3-5-7-16/h3-7,17H,8-15H2,1-2H3,(H,20,23)/t17-,19+/m0/s1. The smallest absolute Gasteiger partial charge is 0.316 e. The number of carbonyl (C=O) groups is 1. The molecule has 1 aromatic carbocycles. The monoisotopic (exact) mass is 331 g/mol. The minimum absolute atomic E-state index is 0.0150. The fraction of sp³-hybridized carbons (Fsp3) is 0.632. The lowest BCUT2D eigenvalue weighted by Gasteiger charge is -2.44. The summed E-state index contributed by atoms with van der Waals surface area (Å²) in [5.41, 5.74) is 1.55. The third kappa shape index (κ3) is 3.90. The van der Waals surface area contributed by atoms with Crippen molar-refractivity contribution in [2.24, 2.45) is 5.41 Å². The summed E-state index contributed by atoms with van der Waals surface area (Å²) in [7, 11) is 3.55. The molecule has 132 valence electrons. The van der Waals surface area contributed by atoms with Gasteiger partial charge in [0.1, 0.15) is 0 Å². The number of hydrogen-bond acceptors (Lipinski definition) is 3. The first-order valence-electron chi connectivity index (χ1n) is 8.92. The van der Waals surface area contributed by atoms with E-state index in [1.165, 1.54) is 5.56 Å². The predicted molar refractivity (Wildman–Crippen MR) is 94.8 cm³/mol. The largest absolute Gasteiger partial charge is 0.378 e. The minimum Gasteiger partial charge on any atom is -0.378 e. The molecule has 2 heterocycles. The zero-order valence-corrected chi connectivity index (χ0v) is 14.8. The lowest BCUT2D eigenvalue weighted by atomic mass is 9.74. The number of benzene rings is 1. The first kappa shape index (κ1) is 17.2. The van der Waals surface area contributed by atoms with Crippen LogP contribution in [0.15, 0.2) is 30.3 Å². The van der Waals surface area contributed by atoms with Gasteiger partial charge >= 0.3 is 6.03 Å². The van der Waals surface area contributed by atoms with Crippen LogP contribution in [0.2, 0.25) is 0 Å². The average molecular weight is 331 g/mol. The van der Waals surface area contributed by atoms with Crippen molar-refractivity contribution in [3.05, 3.63) is 35.9 Å². The Bertz CT molecular complexity index is 549. The number of nitrogens with zero attached hydrogens (tertiary/aromatic N) is 2. The van der Waals surface area contributed by atoms with Crippen LogP contribution in [-0.2, 0) is 11.3 Å². The van der Waals surface area contributed by atoms with E-state index in [1.54, 1.807) is 19.0 Å². The zero-order valence-electron chi connectivity index (χ0n) is 14.8. The van der Waals surface area contributed by atoms with Crippen molar-refractivity contribution in [3.8, 4) is 0 Å². The SMILES string of the molecule is CN(C)C(=O)NCC[C@]12CCO[C@H]1CCN(Cc1ccccc1)C2. The van der Waals surface area contributed by atoms with Crippen LogP contribution < -0.4 is 5.32 Å². The molecule has 5 nitrogen and oxygen atoms in total. The Morgan fingerprint density at radius 1 is 1.38 bits per heavy atom. The average Bonchev–Trinajstić information content (AvgIpc) is 2.98. The second-order valence-electron chi connectivity index (χ2n) is 7.33. The molecule has 2 aliphatic heterocycles. The van der Waals surface area contributed by atoms with Gasteiger partial charge < -0.3 is 15.0 Å². The number of fused-ring (bicyclic) bond motifs is 1. The van der Waals surface area contributed by atoms with E-state index in [1.807, 2.05) is 0 Å². The second kappa shape index (κ2) is 7.53. The minimum atomic E-state index is -0.0150. The Balaban J connectivity index is 1.59. The Labute approximate surface area is 145 Å². The van der Waals surface area contributed by atoms with Crippen molar-refractivity contribution in [2.75, 3.05) is 40.3 Å². The van der Waals surface area contributed by atoms with E-state index >= 15 is 0 Å². The van der Waals surface area contributed by atoms with E-state index in [-0.39, 0.29) is 11.4 Å². The normalized spacial score (nSPS) is 26.8. The van der Waals surface area contributed by atoms with E-state index in [2.05, 4.69) is 40.5 Å². The van der Waals surface area contributed by atoms with Gasteiger partial charge in [0, 0.05) is 52.3 Å². The Hall–Kier alpha value is -1.59. The highest BCUT2D eigenvalue weighted by Gasteiger charge is 2.47. The van der Waals surface area contributed by atoms with Crippen molar-refractivity contribution >= 4 is 6.03 Å². The molecule has 2 amide bonds. The van der Waals surface area contributed by atoms with Crippen LogP contribution in [0.4, 0.5) is 4.79 Å². The van der Waals surface area contributed by atoms with Gasteiger partial charge in [0.15, 0.2) is 0 Å². The Morgan fingerprint density at radius 3 is 2.92 bits per heavy atom. The summed E-state index contributed by atoms with van der Waals surface area (Å²) < 4.78 is 6.01. The number of hydrogen-bond donors (Lipinski definition) is 1. The van der Waals surface area contributed by atoms with Crippen LogP contribution in [-0.4, -0.2) is 62.3 Å². The highest BCUT2D eigenvalue weighted by atomic mass is 16.5. The summed E-state index contributed by atoms with van der Waals surface area (Å²) in [6.07, 6.45) is 3.53. The molecule has 2 atom stereocenters. The molecule has 2 aliphatic rings. The van der Waals surface area contributed by atoms with Crippen LogP contribution in [0, 0.1) is 5.41 Å². The summed E-state index contributed by atoms with van der Waals surface area (Å²) >= 11 is 0. The molecule has 3 rings (SSSR count). The number of likely N-dealkylation sites (tertiary alicyclic amines) is 1. The molecule has 24 heavy (non-hydrogen) atoms. The van der Waals surface area contributed by atoms with Crippen molar-refractivity contribution in [1.29, 1.82) is 0 Å². The van der Waals surface area contributed by atoms with Gasteiger partial charge in [-0.1, -0.05) is 30.3 Å². The van der Waals surface area contributed by atoms with Crippen molar-refractivity contribution in [2.45, 2.75) is 31.9 Å². The van der Waals surface area contributed by atoms with E-state index in [4.69, 9.17) is 4.74 Å². The summed E-state index contributed by atoms with van der Waals surface area (Å²) in [6.45, 7) is 4.72. The highest BCUT2D eigenvalue weighted by molar-refractivity contribution is 5.73. The molecule has 0 saturated carbocycles. The fourth-order valence-electron chi connectivity index (χ4n) is 4.05. The van der Waals surface area contributed by atoms with Gasteiger partial charge in [-0.05, 0) is 24.8 Å². The van der Waals surface area contributed by atoms with E-state index in [0.717, 1.165) is 52.0 Å². The highest BCUT2D eigenvalue weighted by Crippen LogP contribution is 2.43. The van der Waals surface area contributed by atoms with Gasteiger partial charge in [0.05, 0.1) is 6.10 Å². The van der Waals surface area contributed by atoms with Crippen LogP contribution in [0.25, 0.3) is 0 Å². The first-order valence-corrected chi connectivity index (χ1v) is 8.92. The molecule has 0 radical (unpaired) electrons. The maximum Gasteiger partial charge on any atom is 0.316 e. The maximum atomic E-state index is 11.8. The van der Waals surface area contributed by atoms with Crippen LogP contribution in [0.5, 0.6) is 0 Å². The van der Waals surface area contributed by atoms with Gasteiger partial charge in [-0.15, -0.1) is 0 Å². The summed E-state index contributed by atoms with van der Waals surface area (Å²) in [5.74, 6) is 0. The third-order valence-corrected chi connectivity index (χ3v) is 5.40. The number of amides is 2. The van der Waals surface area contributed by atoms with Gasteiger partial charge in [-0.3, -0.25) is 4.90 Å². The molecule has 0 aromatic heterocycles. The summed E-state index contributed by atoms with van der Waals surface area (Å²) in [4.78, 5) is 15.9. The van der Waals surface area contributed by atoms with Crippen molar-refractivity contribution in [3.63, 3.8) is 0 Å². The fourth-order valence-corrected chi connectivity index (χ4v) is 4.05. The van der Waals surface area contributed by atoms with E-state index in [9.17, 15) is 4.79 Å². The van der Waals surface area contributed by atoms with E-state index in [0.29, 0.717) is 6.10 Å². The number of urea groups is 1. The third-order valence-electron chi connectivity index (χ3n) is 5.40. The van der Waals surface area contributed by atoms with E-state index < -0.39 is 0 Å². The number of ether oxygens (including phenoxy) is 1. The molecule has 1 aromatic rings. The number of carbonyl (C=O) groups excluding carboxylic acids is 1. The molecule has 5 heteroatoms. The quantitative estimate of drug-likeness (QED) is 0.901. The Morgan fingerprint density at radius 2 is 2.17 bits per heavy atom. The molecule has 0 spiro atoms. The predicted octanol–water partition coefficient (Wildman–Crippen LogP) is 2.33. The molecular weight excluding hydrogens is 302 g/mol. The zero-order chi connectivity index (χ0) is 17.0. The molecular formula is C19H29N3O2. The maximum absolute atomic E-state index is 11.8. The first-order chi connectivity index (χ1) is 11.6. The molecule has 2 saturated heterocycles. The number of piperidine rings is 1. The number of nitrogens with one attached hydrogen (secondary N) is 1. The molecule has 0 unspecified atom stereocenters. The molecule has 0 bridgehead atoms. The molecule has 2 fully saturated rings. The topological polar surface area (TPSA) is 44.8 Å². The van der Waals surface area contributed by atoms with Gasteiger partial charge in [-0.2, -0.15) is 0 Å². The Kier molecular flexibility index (Phi) is 5.41. The van der Waals surface area contributed by atoms with Gasteiger partial charge in [-0.25, -0.2) is 4.79 Å². The van der Waals surface area contributed by atoms with Crippen LogP contribution in [0.3, 0.4) is 0 Å². The summed E-state index contributed by atoms with van der Waals surface area (Å²) in [6, 6.07) is 10.7. The lowest BCUT2D eigenvalue weighted by molar-refractivity contribution is -0.0239. The van der Waals surface area contributed by atoms with Crippen LogP contribution >= 0.6 is 0 Å². The van der Waals surface area contributed by atoms with Gasteiger partial charge in [0.2, 0.25) is 0 Å². The van der Waals surface area contributed by atoms with Crippen molar-refractivity contribution in [1.82, 2.24) is 15.1 Å². The lowest BCUT2D eigenvalue weighted by Crippen LogP contribution is -2.50. The second-order valence-corrected chi connectivity index (χ2v) is 7.33. The van der Waals surface area contributed by atoms with Crippen LogP contribution in [0.1, 0.15) is 24.8 Å². The number of rotatable bonds is 5.